The first kappa shape index (κ1) is 13.1. The second-order valence-electron chi connectivity index (χ2n) is 4.13. The van der Waals surface area contributed by atoms with Gasteiger partial charge in [-0.25, -0.2) is 9.97 Å². The zero-order chi connectivity index (χ0) is 13.7. The third-order valence-corrected chi connectivity index (χ3v) is 2.95. The van der Waals surface area contributed by atoms with E-state index in [4.69, 9.17) is 4.74 Å². The molecule has 2 N–H and O–H groups in total. The smallest absolute Gasteiger partial charge is 0.204 e. The minimum absolute atomic E-state index is 0.624. The van der Waals surface area contributed by atoms with E-state index < -0.39 is 0 Å². The predicted molar refractivity (Wildman–Crippen MR) is 76.6 cm³/mol. The fraction of sp³-hybridized carbons (Fsp3) is 0.286. The van der Waals surface area contributed by atoms with Crippen molar-refractivity contribution in [2.45, 2.75) is 13.5 Å². The van der Waals surface area contributed by atoms with E-state index in [9.17, 15) is 0 Å². The number of nitrogens with one attached hydrogen (secondary N) is 2. The summed E-state index contributed by atoms with van der Waals surface area (Å²) in [6.45, 7) is 2.79. The Morgan fingerprint density at radius 2 is 1.89 bits per heavy atom. The summed E-state index contributed by atoms with van der Waals surface area (Å²) in [7, 11) is 3.41. The third kappa shape index (κ3) is 2.93. The van der Waals surface area contributed by atoms with Crippen molar-refractivity contribution in [3.8, 4) is 5.75 Å². The molecule has 5 heteroatoms. The molecule has 1 heterocycles. The summed E-state index contributed by atoms with van der Waals surface area (Å²) in [4.78, 5) is 8.33. The molecule has 2 aromatic rings. The Labute approximate surface area is 113 Å². The Balaban J connectivity index is 2.18. The van der Waals surface area contributed by atoms with Crippen molar-refractivity contribution >= 4 is 11.6 Å². The molecule has 19 heavy (non-hydrogen) atoms. The zero-order valence-corrected chi connectivity index (χ0v) is 11.4. The molecular weight excluding hydrogens is 240 g/mol. The molecule has 2 rings (SSSR count). The van der Waals surface area contributed by atoms with Crippen LogP contribution < -0.4 is 15.4 Å². The van der Waals surface area contributed by atoms with Crippen molar-refractivity contribution in [2.24, 2.45) is 0 Å². The van der Waals surface area contributed by atoms with Gasteiger partial charge in [0.15, 0.2) is 11.6 Å². The van der Waals surface area contributed by atoms with Gasteiger partial charge in [0.2, 0.25) is 5.75 Å². The molecule has 0 radical (unpaired) electrons. The molecule has 0 aliphatic carbocycles. The van der Waals surface area contributed by atoms with E-state index in [2.05, 4.69) is 39.7 Å². The monoisotopic (exact) mass is 258 g/mol. The molecule has 0 bridgehead atoms. The highest BCUT2D eigenvalue weighted by Gasteiger charge is 2.10. The summed E-state index contributed by atoms with van der Waals surface area (Å²) in [5, 5.41) is 6.26. The Bertz CT molecular complexity index is 557. The number of nitrogens with zero attached hydrogens (tertiary/aromatic N) is 2. The van der Waals surface area contributed by atoms with Crippen LogP contribution >= 0.6 is 0 Å². The molecule has 5 nitrogen and oxygen atoms in total. The van der Waals surface area contributed by atoms with Crippen molar-refractivity contribution in [1.82, 2.24) is 9.97 Å². The second kappa shape index (κ2) is 6.04. The summed E-state index contributed by atoms with van der Waals surface area (Å²) >= 11 is 0. The highest BCUT2D eigenvalue weighted by atomic mass is 16.5. The van der Waals surface area contributed by atoms with Gasteiger partial charge in [-0.1, -0.05) is 24.3 Å². The quantitative estimate of drug-likeness (QED) is 0.862. The van der Waals surface area contributed by atoms with Crippen LogP contribution in [0, 0.1) is 6.92 Å². The lowest BCUT2D eigenvalue weighted by Crippen LogP contribution is -2.07. The van der Waals surface area contributed by atoms with Gasteiger partial charge in [0.1, 0.15) is 6.33 Å². The van der Waals surface area contributed by atoms with Crippen LogP contribution in [-0.4, -0.2) is 24.1 Å². The van der Waals surface area contributed by atoms with E-state index >= 15 is 0 Å². The topological polar surface area (TPSA) is 59.1 Å². The molecule has 0 fully saturated rings. The average molecular weight is 258 g/mol. The summed E-state index contributed by atoms with van der Waals surface area (Å²) < 4.78 is 5.34. The van der Waals surface area contributed by atoms with Crippen molar-refractivity contribution in [3.63, 3.8) is 0 Å². The van der Waals surface area contributed by atoms with E-state index in [1.165, 1.54) is 17.5 Å². The SMILES string of the molecule is CNc1ncnc(NCc2ccccc2C)c1OC. The summed E-state index contributed by atoms with van der Waals surface area (Å²) in [5.74, 6) is 1.98. The van der Waals surface area contributed by atoms with Crippen molar-refractivity contribution < 1.29 is 4.74 Å². The molecule has 1 aromatic carbocycles. The predicted octanol–water partition coefficient (Wildman–Crippen LogP) is 2.45. The highest BCUT2D eigenvalue weighted by molar-refractivity contribution is 5.63. The first-order chi connectivity index (χ1) is 9.26. The van der Waals surface area contributed by atoms with Crippen LogP contribution in [0.4, 0.5) is 11.6 Å². The van der Waals surface area contributed by atoms with Crippen LogP contribution in [0.3, 0.4) is 0 Å². The molecule has 0 aliphatic heterocycles. The Morgan fingerprint density at radius 3 is 2.58 bits per heavy atom. The van der Waals surface area contributed by atoms with Crippen molar-refractivity contribution in [2.75, 3.05) is 24.8 Å². The van der Waals surface area contributed by atoms with Crippen LogP contribution in [0.5, 0.6) is 5.75 Å². The molecular formula is C14H18N4O. The Kier molecular flexibility index (Phi) is 4.18. The van der Waals surface area contributed by atoms with E-state index in [0.717, 1.165) is 0 Å². The fourth-order valence-corrected chi connectivity index (χ4v) is 1.86. The number of aromatic nitrogens is 2. The minimum atomic E-state index is 0.624. The molecule has 0 atom stereocenters. The number of methoxy groups -OCH3 is 1. The van der Waals surface area contributed by atoms with Crippen LogP contribution in [0.15, 0.2) is 30.6 Å². The van der Waals surface area contributed by atoms with Gasteiger partial charge in [-0.2, -0.15) is 0 Å². The van der Waals surface area contributed by atoms with Crippen molar-refractivity contribution in [3.05, 3.63) is 41.7 Å². The number of aryl methyl sites for hydroxylation is 1. The average Bonchev–Trinajstić information content (AvgIpc) is 2.45. The molecule has 0 aliphatic rings. The molecule has 0 unspecified atom stereocenters. The molecule has 0 saturated carbocycles. The summed E-state index contributed by atoms with van der Waals surface area (Å²) in [6, 6.07) is 8.24. The zero-order valence-electron chi connectivity index (χ0n) is 11.4. The second-order valence-corrected chi connectivity index (χ2v) is 4.13. The normalized spacial score (nSPS) is 10.1. The van der Waals surface area contributed by atoms with Gasteiger partial charge >= 0.3 is 0 Å². The van der Waals surface area contributed by atoms with E-state index in [1.54, 1.807) is 14.2 Å². The Hall–Kier alpha value is -2.30. The molecule has 0 saturated heterocycles. The summed E-state index contributed by atoms with van der Waals surface area (Å²) in [5.41, 5.74) is 2.48. The fourth-order valence-electron chi connectivity index (χ4n) is 1.86. The molecule has 0 amide bonds. The minimum Gasteiger partial charge on any atom is -0.490 e. The number of rotatable bonds is 5. The maximum atomic E-state index is 5.34. The lowest BCUT2D eigenvalue weighted by molar-refractivity contribution is 0.415. The van der Waals surface area contributed by atoms with Gasteiger partial charge in [0.25, 0.3) is 0 Å². The molecule has 100 valence electrons. The highest BCUT2D eigenvalue weighted by Crippen LogP contribution is 2.28. The van der Waals surface area contributed by atoms with E-state index in [0.29, 0.717) is 23.9 Å². The largest absolute Gasteiger partial charge is 0.490 e. The first-order valence-electron chi connectivity index (χ1n) is 6.11. The van der Waals surface area contributed by atoms with Crippen molar-refractivity contribution in [1.29, 1.82) is 0 Å². The van der Waals surface area contributed by atoms with Crippen LogP contribution in [0.2, 0.25) is 0 Å². The standard InChI is InChI=1S/C14H18N4O/c1-10-6-4-5-7-11(10)8-16-14-12(19-3)13(15-2)17-9-18-14/h4-7,9H,8H2,1-3H3,(H2,15,16,17,18). The number of benzene rings is 1. The van der Waals surface area contributed by atoms with Crippen LogP contribution in [-0.2, 0) is 6.54 Å². The first-order valence-corrected chi connectivity index (χ1v) is 6.11. The maximum Gasteiger partial charge on any atom is 0.204 e. The van der Waals surface area contributed by atoms with E-state index in [-0.39, 0.29) is 0 Å². The third-order valence-electron chi connectivity index (χ3n) is 2.95. The maximum absolute atomic E-state index is 5.34. The summed E-state index contributed by atoms with van der Waals surface area (Å²) in [6.07, 6.45) is 1.51. The Morgan fingerprint density at radius 1 is 1.16 bits per heavy atom. The van der Waals surface area contributed by atoms with Gasteiger partial charge < -0.3 is 15.4 Å². The number of anilines is 2. The van der Waals surface area contributed by atoms with Gasteiger partial charge in [-0.3, -0.25) is 0 Å². The van der Waals surface area contributed by atoms with Gasteiger partial charge in [0, 0.05) is 13.6 Å². The van der Waals surface area contributed by atoms with E-state index in [1.807, 2.05) is 12.1 Å². The van der Waals surface area contributed by atoms with Gasteiger partial charge in [-0.15, -0.1) is 0 Å². The van der Waals surface area contributed by atoms with Gasteiger partial charge in [-0.05, 0) is 18.1 Å². The van der Waals surface area contributed by atoms with Gasteiger partial charge in [0.05, 0.1) is 7.11 Å². The molecule has 0 spiro atoms. The number of ether oxygens (including phenoxy) is 1. The molecule has 1 aromatic heterocycles. The van der Waals surface area contributed by atoms with Crippen LogP contribution in [0.1, 0.15) is 11.1 Å². The number of hydrogen-bond acceptors (Lipinski definition) is 5. The number of hydrogen-bond donors (Lipinski definition) is 2. The van der Waals surface area contributed by atoms with Crippen LogP contribution in [0.25, 0.3) is 0 Å². The lowest BCUT2D eigenvalue weighted by atomic mass is 10.1. The lowest BCUT2D eigenvalue weighted by Gasteiger charge is -2.13.